The summed E-state index contributed by atoms with van der Waals surface area (Å²) < 4.78 is 223. The molecule has 0 aromatic carbocycles. The van der Waals surface area contributed by atoms with E-state index >= 15 is 0 Å². The summed E-state index contributed by atoms with van der Waals surface area (Å²) in [5, 5.41) is -0.104. The summed E-state index contributed by atoms with van der Waals surface area (Å²) in [6, 6.07) is 0. The summed E-state index contributed by atoms with van der Waals surface area (Å²) in [5.41, 5.74) is -0.641. The second-order valence-electron chi connectivity index (χ2n) is 9.55. The van der Waals surface area contributed by atoms with Crippen LogP contribution in [0.1, 0.15) is 53.9 Å². The quantitative estimate of drug-likeness (QED) is 0.146. The molecule has 1 aliphatic rings. The molecule has 1 amide bonds. The van der Waals surface area contributed by atoms with Gasteiger partial charge in [0, 0.05) is 4.88 Å². The average molecular weight is 681 g/mol. The summed E-state index contributed by atoms with van der Waals surface area (Å²) >= 11 is 0.292. The minimum absolute atomic E-state index is 0.0353. The van der Waals surface area contributed by atoms with Gasteiger partial charge >= 0.3 is 59.8 Å². The van der Waals surface area contributed by atoms with Gasteiger partial charge in [0.2, 0.25) is 0 Å². The number of carbonyl (C=O) groups excluding carboxylic acids is 2. The summed E-state index contributed by atoms with van der Waals surface area (Å²) in [6.45, 7) is 2.60. The summed E-state index contributed by atoms with van der Waals surface area (Å²) in [4.78, 5) is 24.9. The number of amides is 1. The SMILES string of the molecule is CC(C)OC(=O)c1c(NC(=O)C(F)(F)C(F)(F)C(F)(F)C(F)(F)C(F)(F)C(F)(F)C(F)(F)C(F)F)sc2c1CCCCC2. The van der Waals surface area contributed by atoms with E-state index < -0.39 is 76.4 Å². The van der Waals surface area contributed by atoms with E-state index in [1.54, 1.807) is 0 Å². The highest BCUT2D eigenvalue weighted by Crippen LogP contribution is 2.63. The van der Waals surface area contributed by atoms with Crippen LogP contribution in [0.25, 0.3) is 0 Å². The molecule has 0 spiro atoms. The Bertz CT molecular complexity index is 1210. The highest BCUT2D eigenvalue weighted by atomic mass is 32.1. The van der Waals surface area contributed by atoms with Gasteiger partial charge in [-0.2, -0.15) is 61.5 Å². The van der Waals surface area contributed by atoms with Crippen molar-refractivity contribution in [2.75, 3.05) is 5.32 Å². The van der Waals surface area contributed by atoms with Crippen LogP contribution >= 0.6 is 11.3 Å². The van der Waals surface area contributed by atoms with E-state index in [-0.39, 0.29) is 23.3 Å². The monoisotopic (exact) mass is 681 g/mol. The molecule has 248 valence electrons. The van der Waals surface area contributed by atoms with Crippen LogP contribution in [0, 0.1) is 0 Å². The second kappa shape index (κ2) is 11.5. The normalized spacial score (nSPS) is 16.3. The van der Waals surface area contributed by atoms with Gasteiger partial charge in [0.1, 0.15) is 5.00 Å². The first-order valence-electron chi connectivity index (χ1n) is 11.7. The van der Waals surface area contributed by atoms with Crippen LogP contribution in [0.4, 0.5) is 75.2 Å². The third-order valence-electron chi connectivity index (χ3n) is 6.14. The fourth-order valence-electron chi connectivity index (χ4n) is 3.78. The van der Waals surface area contributed by atoms with Gasteiger partial charge in [0.25, 0.3) is 0 Å². The molecule has 0 aliphatic heterocycles. The van der Waals surface area contributed by atoms with Crippen molar-refractivity contribution >= 4 is 28.2 Å². The number of ether oxygens (including phenoxy) is 1. The van der Waals surface area contributed by atoms with Crippen molar-refractivity contribution in [3.8, 4) is 0 Å². The predicted molar refractivity (Wildman–Crippen MR) is 115 cm³/mol. The first kappa shape index (κ1) is 36.7. The zero-order valence-corrected chi connectivity index (χ0v) is 22.2. The smallest absolute Gasteiger partial charge is 0.393 e. The fraction of sp³-hybridized carbons (Fsp3) is 0.727. The standard InChI is InChI=1S/C22H19F16NO3S/c1-8(2)42-13(40)11-9-6-4-3-5-7-10(9)43-12(11)39-15(41)17(27,28)19(31,32)21(35,36)22(37,38)20(33,34)18(29,30)16(25,26)14(23)24/h8,14H,3-7H2,1-2H3,(H,39,41). The molecular weight excluding hydrogens is 662 g/mol. The van der Waals surface area contributed by atoms with Crippen molar-refractivity contribution in [1.82, 2.24) is 0 Å². The van der Waals surface area contributed by atoms with Crippen LogP contribution in [0.3, 0.4) is 0 Å². The number of fused-ring (bicyclic) bond motifs is 1. The lowest BCUT2D eigenvalue weighted by Crippen LogP contribution is -2.74. The Morgan fingerprint density at radius 3 is 1.67 bits per heavy atom. The van der Waals surface area contributed by atoms with Crippen LogP contribution in [0.5, 0.6) is 0 Å². The molecule has 0 atom stereocenters. The Balaban J connectivity index is 2.58. The highest BCUT2D eigenvalue weighted by molar-refractivity contribution is 7.17. The Morgan fingerprint density at radius 1 is 0.721 bits per heavy atom. The molecule has 0 saturated carbocycles. The number of alkyl halides is 16. The molecule has 43 heavy (non-hydrogen) atoms. The van der Waals surface area contributed by atoms with Crippen LogP contribution in [-0.2, 0) is 22.4 Å². The van der Waals surface area contributed by atoms with Crippen molar-refractivity contribution in [1.29, 1.82) is 0 Å². The van der Waals surface area contributed by atoms with Crippen LogP contribution < -0.4 is 5.32 Å². The second-order valence-corrected chi connectivity index (χ2v) is 10.7. The van der Waals surface area contributed by atoms with Gasteiger partial charge in [-0.1, -0.05) is 6.42 Å². The maximum absolute atomic E-state index is 14.5. The van der Waals surface area contributed by atoms with Gasteiger partial charge in [-0.15, -0.1) is 11.3 Å². The van der Waals surface area contributed by atoms with Crippen LogP contribution in [-0.4, -0.2) is 65.9 Å². The fourth-order valence-corrected chi connectivity index (χ4v) is 5.05. The van der Waals surface area contributed by atoms with E-state index in [0.29, 0.717) is 30.6 Å². The largest absolute Gasteiger partial charge is 0.459 e. The predicted octanol–water partition coefficient (Wildman–Crippen LogP) is 8.23. The molecule has 0 saturated heterocycles. The minimum Gasteiger partial charge on any atom is -0.459 e. The average Bonchev–Trinajstić information content (AvgIpc) is 3.02. The molecule has 0 bridgehead atoms. The summed E-state index contributed by atoms with van der Waals surface area (Å²) in [7, 11) is 0. The number of esters is 1. The van der Waals surface area contributed by atoms with Gasteiger partial charge in [0.15, 0.2) is 0 Å². The Morgan fingerprint density at radius 2 is 1.19 bits per heavy atom. The third kappa shape index (κ3) is 5.62. The Labute approximate surface area is 234 Å². The molecule has 1 heterocycles. The Hall–Kier alpha value is -2.48. The summed E-state index contributed by atoms with van der Waals surface area (Å²) in [6.07, 6.45) is -5.31. The van der Waals surface area contributed by atoms with Gasteiger partial charge in [0.05, 0.1) is 11.7 Å². The third-order valence-corrected chi connectivity index (χ3v) is 7.35. The summed E-state index contributed by atoms with van der Waals surface area (Å²) in [5.74, 6) is -61.7. The molecule has 1 aliphatic carbocycles. The van der Waals surface area contributed by atoms with E-state index in [9.17, 15) is 79.8 Å². The zero-order chi connectivity index (χ0) is 33.8. The molecule has 1 aromatic heterocycles. The number of halogens is 16. The van der Waals surface area contributed by atoms with E-state index in [2.05, 4.69) is 0 Å². The highest BCUT2D eigenvalue weighted by Gasteiger charge is 2.94. The lowest BCUT2D eigenvalue weighted by Gasteiger charge is -2.42. The topological polar surface area (TPSA) is 55.4 Å². The maximum Gasteiger partial charge on any atom is 0.393 e. The molecule has 2 rings (SSSR count). The van der Waals surface area contributed by atoms with E-state index in [4.69, 9.17) is 4.74 Å². The van der Waals surface area contributed by atoms with E-state index in [1.807, 2.05) is 0 Å². The number of nitrogens with one attached hydrogen (secondary N) is 1. The first-order valence-corrected chi connectivity index (χ1v) is 12.6. The van der Waals surface area contributed by atoms with Gasteiger partial charge in [-0.3, -0.25) is 4.79 Å². The minimum atomic E-state index is -8.62. The van der Waals surface area contributed by atoms with E-state index in [1.165, 1.54) is 13.8 Å². The number of rotatable bonds is 11. The van der Waals surface area contributed by atoms with Crippen LogP contribution in [0.15, 0.2) is 0 Å². The maximum atomic E-state index is 14.5. The van der Waals surface area contributed by atoms with Crippen LogP contribution in [0.2, 0.25) is 0 Å². The number of hydrogen-bond acceptors (Lipinski definition) is 4. The molecular formula is C22H19F16NO3S. The van der Waals surface area contributed by atoms with E-state index in [0.717, 1.165) is 5.32 Å². The van der Waals surface area contributed by atoms with Crippen molar-refractivity contribution in [2.45, 2.75) is 99.9 Å². The molecule has 1 N–H and O–H groups in total. The molecule has 0 unspecified atom stereocenters. The van der Waals surface area contributed by atoms with Gasteiger partial charge < -0.3 is 10.1 Å². The molecule has 4 nitrogen and oxygen atoms in total. The number of carbonyl (C=O) groups is 2. The van der Waals surface area contributed by atoms with Crippen molar-refractivity contribution in [2.24, 2.45) is 0 Å². The molecule has 1 aromatic rings. The zero-order valence-electron chi connectivity index (χ0n) is 21.4. The van der Waals surface area contributed by atoms with Crippen molar-refractivity contribution < 1.29 is 84.6 Å². The lowest BCUT2D eigenvalue weighted by molar-refractivity contribution is -0.443. The van der Waals surface area contributed by atoms with Crippen molar-refractivity contribution in [3.05, 3.63) is 16.0 Å². The number of anilines is 1. The van der Waals surface area contributed by atoms with Crippen molar-refractivity contribution in [3.63, 3.8) is 0 Å². The molecule has 21 heteroatoms. The number of thiophene rings is 1. The lowest BCUT2D eigenvalue weighted by atomic mass is 9.89. The molecule has 0 fully saturated rings. The number of aryl methyl sites for hydroxylation is 1. The number of hydrogen-bond donors (Lipinski definition) is 1. The van der Waals surface area contributed by atoms with Gasteiger partial charge in [-0.25, -0.2) is 13.6 Å². The molecule has 0 radical (unpaired) electrons. The van der Waals surface area contributed by atoms with Gasteiger partial charge in [-0.05, 0) is 45.1 Å². The Kier molecular flexibility index (Phi) is 9.79. The first-order chi connectivity index (χ1) is 19.1.